The molecular formula is C24H23ClN2O2. The van der Waals surface area contributed by atoms with Crippen molar-refractivity contribution in [2.45, 2.75) is 20.3 Å². The van der Waals surface area contributed by atoms with E-state index in [0.717, 1.165) is 28.9 Å². The minimum absolute atomic E-state index is 0.120. The Balaban J connectivity index is 1.57. The van der Waals surface area contributed by atoms with E-state index >= 15 is 0 Å². The molecule has 0 aromatic heterocycles. The van der Waals surface area contributed by atoms with Gasteiger partial charge >= 0.3 is 0 Å². The number of nitrogens with zero attached hydrogens (tertiary/aromatic N) is 1. The summed E-state index contributed by atoms with van der Waals surface area (Å²) in [6.45, 7) is 3.97. The van der Waals surface area contributed by atoms with Crippen LogP contribution < -0.4 is 10.1 Å². The monoisotopic (exact) mass is 406 g/mol. The van der Waals surface area contributed by atoms with Crippen molar-refractivity contribution in [3.8, 4) is 5.75 Å². The van der Waals surface area contributed by atoms with Gasteiger partial charge in [-0.15, -0.1) is 0 Å². The molecule has 0 radical (unpaired) electrons. The second-order valence-electron chi connectivity index (χ2n) is 6.67. The normalized spacial score (nSPS) is 10.9. The standard InChI is InChI=1S/C24H23ClN2O2/c1-3-18-7-10-20(11-8-18)26-15-19-9-12-23(22(25)14-19)29-16-24(28)27-21-6-4-5-17(2)13-21/h4-15H,3,16H2,1-2H3,(H,27,28). The minimum atomic E-state index is -0.243. The molecule has 3 aromatic rings. The second-order valence-corrected chi connectivity index (χ2v) is 7.08. The van der Waals surface area contributed by atoms with Crippen LogP contribution in [0.4, 0.5) is 11.4 Å². The summed E-state index contributed by atoms with van der Waals surface area (Å²) in [5, 5.41) is 3.23. The van der Waals surface area contributed by atoms with Crippen LogP contribution in [0.3, 0.4) is 0 Å². The first-order valence-corrected chi connectivity index (χ1v) is 9.83. The number of nitrogens with one attached hydrogen (secondary N) is 1. The number of carbonyl (C=O) groups excluding carboxylic acids is 1. The van der Waals surface area contributed by atoms with Gasteiger partial charge in [0, 0.05) is 11.9 Å². The molecule has 0 aliphatic heterocycles. The minimum Gasteiger partial charge on any atom is -0.482 e. The average Bonchev–Trinajstić information content (AvgIpc) is 2.72. The fraction of sp³-hybridized carbons (Fsp3) is 0.167. The lowest BCUT2D eigenvalue weighted by Crippen LogP contribution is -2.20. The van der Waals surface area contributed by atoms with E-state index in [1.807, 2.05) is 49.4 Å². The van der Waals surface area contributed by atoms with E-state index in [4.69, 9.17) is 16.3 Å². The molecule has 0 aliphatic carbocycles. The maximum atomic E-state index is 12.1. The fourth-order valence-electron chi connectivity index (χ4n) is 2.74. The highest BCUT2D eigenvalue weighted by Crippen LogP contribution is 2.25. The Morgan fingerprint density at radius 1 is 1.10 bits per heavy atom. The molecule has 0 atom stereocenters. The number of carbonyl (C=O) groups is 1. The van der Waals surface area contributed by atoms with Crippen LogP contribution in [-0.2, 0) is 11.2 Å². The predicted octanol–water partition coefficient (Wildman–Crippen LogP) is 5.98. The number of rotatable bonds is 7. The molecule has 0 aliphatic rings. The Kier molecular flexibility index (Phi) is 7.04. The Morgan fingerprint density at radius 2 is 1.90 bits per heavy atom. The van der Waals surface area contributed by atoms with Crippen LogP contribution in [0.2, 0.25) is 5.02 Å². The summed E-state index contributed by atoms with van der Waals surface area (Å²) in [5.74, 6) is 0.211. The number of ether oxygens (including phenoxy) is 1. The molecule has 4 nitrogen and oxygen atoms in total. The lowest BCUT2D eigenvalue weighted by molar-refractivity contribution is -0.118. The van der Waals surface area contributed by atoms with Gasteiger partial charge in [0.1, 0.15) is 5.75 Å². The Bertz CT molecular complexity index is 1010. The van der Waals surface area contributed by atoms with E-state index in [2.05, 4.69) is 29.4 Å². The van der Waals surface area contributed by atoms with E-state index in [1.54, 1.807) is 18.3 Å². The number of aliphatic imine (C=N–C) groups is 1. The van der Waals surface area contributed by atoms with Crippen LogP contribution in [0.5, 0.6) is 5.75 Å². The summed E-state index contributed by atoms with van der Waals surface area (Å²) < 4.78 is 5.56. The van der Waals surface area contributed by atoms with Crippen LogP contribution in [0.25, 0.3) is 0 Å². The molecule has 3 rings (SSSR count). The van der Waals surface area contributed by atoms with Crippen molar-refractivity contribution in [2.75, 3.05) is 11.9 Å². The molecule has 0 spiro atoms. The van der Waals surface area contributed by atoms with Gasteiger partial charge in [-0.25, -0.2) is 0 Å². The number of hydrogen-bond acceptors (Lipinski definition) is 3. The summed E-state index contributed by atoms with van der Waals surface area (Å²) in [5.41, 5.74) is 4.83. The van der Waals surface area contributed by atoms with E-state index in [0.29, 0.717) is 10.8 Å². The molecule has 0 fully saturated rings. The maximum Gasteiger partial charge on any atom is 0.262 e. The highest BCUT2D eigenvalue weighted by Gasteiger charge is 2.07. The third-order valence-corrected chi connectivity index (χ3v) is 4.62. The quantitative estimate of drug-likeness (QED) is 0.491. The molecule has 29 heavy (non-hydrogen) atoms. The first-order valence-electron chi connectivity index (χ1n) is 9.45. The van der Waals surface area contributed by atoms with Crippen LogP contribution in [0, 0.1) is 6.92 Å². The number of benzene rings is 3. The molecule has 0 unspecified atom stereocenters. The third kappa shape index (κ3) is 6.19. The third-order valence-electron chi connectivity index (χ3n) is 4.32. The number of halogens is 1. The molecular weight excluding hydrogens is 384 g/mol. The van der Waals surface area contributed by atoms with Crippen molar-refractivity contribution in [3.05, 3.63) is 88.4 Å². The zero-order valence-electron chi connectivity index (χ0n) is 16.5. The molecule has 0 saturated heterocycles. The number of aryl methyl sites for hydroxylation is 2. The van der Waals surface area contributed by atoms with Crippen molar-refractivity contribution in [1.29, 1.82) is 0 Å². The first kappa shape index (κ1) is 20.6. The summed E-state index contributed by atoms with van der Waals surface area (Å²) >= 11 is 6.30. The summed E-state index contributed by atoms with van der Waals surface area (Å²) in [4.78, 5) is 16.5. The first-order chi connectivity index (χ1) is 14.0. The Labute approximate surface area is 176 Å². The van der Waals surface area contributed by atoms with Gasteiger partial charge in [0.05, 0.1) is 10.7 Å². The zero-order chi connectivity index (χ0) is 20.6. The highest BCUT2D eigenvalue weighted by molar-refractivity contribution is 6.32. The lowest BCUT2D eigenvalue weighted by Gasteiger charge is -2.09. The van der Waals surface area contributed by atoms with Crippen LogP contribution in [0.15, 0.2) is 71.7 Å². The molecule has 5 heteroatoms. The maximum absolute atomic E-state index is 12.1. The van der Waals surface area contributed by atoms with Gasteiger partial charge in [0.25, 0.3) is 5.91 Å². The van der Waals surface area contributed by atoms with Crippen LogP contribution in [-0.4, -0.2) is 18.7 Å². The van der Waals surface area contributed by atoms with E-state index in [-0.39, 0.29) is 12.5 Å². The van der Waals surface area contributed by atoms with Crippen molar-refractivity contribution in [3.63, 3.8) is 0 Å². The van der Waals surface area contributed by atoms with E-state index in [9.17, 15) is 4.79 Å². The van der Waals surface area contributed by atoms with E-state index < -0.39 is 0 Å². The fourth-order valence-corrected chi connectivity index (χ4v) is 2.99. The molecule has 0 saturated carbocycles. The summed E-state index contributed by atoms with van der Waals surface area (Å²) in [6, 6.07) is 21.1. The van der Waals surface area contributed by atoms with Crippen molar-refractivity contribution in [1.82, 2.24) is 0 Å². The molecule has 3 aromatic carbocycles. The topological polar surface area (TPSA) is 50.7 Å². The van der Waals surface area contributed by atoms with Gasteiger partial charge in [0.2, 0.25) is 0 Å². The van der Waals surface area contributed by atoms with Gasteiger partial charge in [0.15, 0.2) is 6.61 Å². The molecule has 1 N–H and O–H groups in total. The zero-order valence-corrected chi connectivity index (χ0v) is 17.2. The number of anilines is 1. The summed E-state index contributed by atoms with van der Waals surface area (Å²) in [6.07, 6.45) is 2.76. The largest absolute Gasteiger partial charge is 0.482 e. The lowest BCUT2D eigenvalue weighted by atomic mass is 10.1. The highest BCUT2D eigenvalue weighted by atomic mass is 35.5. The Morgan fingerprint density at radius 3 is 2.59 bits per heavy atom. The Hall–Kier alpha value is -3.11. The van der Waals surface area contributed by atoms with Crippen molar-refractivity contribution in [2.24, 2.45) is 4.99 Å². The van der Waals surface area contributed by atoms with Gasteiger partial charge in [-0.2, -0.15) is 0 Å². The summed E-state index contributed by atoms with van der Waals surface area (Å²) in [7, 11) is 0. The van der Waals surface area contributed by atoms with Gasteiger partial charge in [-0.3, -0.25) is 9.79 Å². The number of hydrogen-bond donors (Lipinski definition) is 1. The van der Waals surface area contributed by atoms with Gasteiger partial charge < -0.3 is 10.1 Å². The smallest absolute Gasteiger partial charge is 0.262 e. The molecule has 0 heterocycles. The molecule has 148 valence electrons. The van der Waals surface area contributed by atoms with E-state index in [1.165, 1.54) is 5.56 Å². The van der Waals surface area contributed by atoms with Gasteiger partial charge in [-0.05, 0) is 72.5 Å². The average molecular weight is 407 g/mol. The predicted molar refractivity (Wildman–Crippen MR) is 120 cm³/mol. The van der Waals surface area contributed by atoms with Crippen LogP contribution >= 0.6 is 11.6 Å². The van der Waals surface area contributed by atoms with Crippen molar-refractivity contribution >= 4 is 35.1 Å². The second kappa shape index (κ2) is 9.89. The number of amides is 1. The molecule has 1 amide bonds. The van der Waals surface area contributed by atoms with Gasteiger partial charge in [-0.1, -0.05) is 42.8 Å². The molecule has 0 bridgehead atoms. The van der Waals surface area contributed by atoms with Crippen molar-refractivity contribution < 1.29 is 9.53 Å². The van der Waals surface area contributed by atoms with Crippen LogP contribution in [0.1, 0.15) is 23.6 Å². The SMILES string of the molecule is CCc1ccc(N=Cc2ccc(OCC(=O)Nc3cccc(C)c3)c(Cl)c2)cc1.